The third-order valence-electron chi connectivity index (χ3n) is 3.09. The first-order valence-corrected chi connectivity index (χ1v) is 7.72. The Bertz CT molecular complexity index is 394. The van der Waals surface area contributed by atoms with Crippen LogP contribution < -0.4 is 5.32 Å². The highest BCUT2D eigenvalue weighted by Gasteiger charge is 2.30. The van der Waals surface area contributed by atoms with Crippen LogP contribution in [0, 0.1) is 0 Å². The maximum Gasteiger partial charge on any atom is 0.416 e. The molecule has 0 aliphatic heterocycles. The zero-order valence-electron chi connectivity index (χ0n) is 11.6. The van der Waals surface area contributed by atoms with E-state index in [9.17, 15) is 18.3 Å². The van der Waals surface area contributed by atoms with Gasteiger partial charge < -0.3 is 10.4 Å². The van der Waals surface area contributed by atoms with Gasteiger partial charge in [0.15, 0.2) is 0 Å². The minimum absolute atomic E-state index is 0.340. The van der Waals surface area contributed by atoms with Crippen LogP contribution in [0.2, 0.25) is 0 Å². The number of halogens is 3. The van der Waals surface area contributed by atoms with Gasteiger partial charge >= 0.3 is 6.18 Å². The number of benzene rings is 1. The van der Waals surface area contributed by atoms with E-state index >= 15 is 0 Å². The topological polar surface area (TPSA) is 32.3 Å². The molecular weight excluding hydrogens is 287 g/mol. The van der Waals surface area contributed by atoms with Crippen molar-refractivity contribution < 1.29 is 18.3 Å². The number of nitrogens with one attached hydrogen (secondary N) is 1. The van der Waals surface area contributed by atoms with E-state index in [2.05, 4.69) is 12.2 Å². The van der Waals surface area contributed by atoms with E-state index < -0.39 is 17.8 Å². The Morgan fingerprint density at radius 2 is 1.85 bits per heavy atom. The molecule has 0 aliphatic carbocycles. The summed E-state index contributed by atoms with van der Waals surface area (Å²) in [6.07, 6.45) is -2.10. The summed E-state index contributed by atoms with van der Waals surface area (Å²) in [7, 11) is 0. The zero-order valence-corrected chi connectivity index (χ0v) is 12.4. The second kappa shape index (κ2) is 7.90. The fraction of sp³-hybridized carbons (Fsp3) is 0.571. The van der Waals surface area contributed by atoms with Gasteiger partial charge in [-0.25, -0.2) is 0 Å². The third-order valence-corrected chi connectivity index (χ3v) is 4.13. The summed E-state index contributed by atoms with van der Waals surface area (Å²) >= 11 is 1.77. The molecule has 0 saturated carbocycles. The van der Waals surface area contributed by atoms with E-state index in [0.717, 1.165) is 25.1 Å². The predicted octanol–water partition coefficient (Wildman–Crippen LogP) is 3.47. The first-order valence-electron chi connectivity index (χ1n) is 6.43. The highest BCUT2D eigenvalue weighted by molar-refractivity contribution is 7.99. The SMILES string of the molecule is CSC(C)CCNCC(O)c1ccc(C(F)(F)F)cc1. The standard InChI is InChI=1S/C14H20F3NOS/c1-10(20-2)7-8-18-9-13(19)11-3-5-12(6-4-11)14(15,16)17/h3-6,10,13,18-19H,7-9H2,1-2H3. The van der Waals surface area contributed by atoms with Crippen LogP contribution in [0.1, 0.15) is 30.6 Å². The maximum absolute atomic E-state index is 12.4. The Kier molecular flexibility index (Phi) is 6.85. The van der Waals surface area contributed by atoms with Crippen molar-refractivity contribution in [3.8, 4) is 0 Å². The molecular formula is C14H20F3NOS. The molecule has 114 valence electrons. The van der Waals surface area contributed by atoms with E-state index in [1.165, 1.54) is 12.1 Å². The molecule has 0 radical (unpaired) electrons. The number of alkyl halides is 3. The minimum atomic E-state index is -4.34. The summed E-state index contributed by atoms with van der Waals surface area (Å²) < 4.78 is 37.2. The Labute approximate surface area is 121 Å². The summed E-state index contributed by atoms with van der Waals surface area (Å²) in [4.78, 5) is 0. The molecule has 0 heterocycles. The van der Waals surface area contributed by atoms with Gasteiger partial charge in [-0.1, -0.05) is 19.1 Å². The number of aliphatic hydroxyl groups excluding tert-OH is 1. The summed E-state index contributed by atoms with van der Waals surface area (Å²) in [6, 6.07) is 4.63. The summed E-state index contributed by atoms with van der Waals surface area (Å²) in [5.41, 5.74) is -0.210. The molecule has 0 amide bonds. The molecule has 2 unspecified atom stereocenters. The second-order valence-electron chi connectivity index (χ2n) is 4.67. The quantitative estimate of drug-likeness (QED) is 0.757. The number of aliphatic hydroxyl groups is 1. The summed E-state index contributed by atoms with van der Waals surface area (Å²) in [5.74, 6) is 0. The van der Waals surface area contributed by atoms with Crippen molar-refractivity contribution >= 4 is 11.8 Å². The predicted molar refractivity (Wildman–Crippen MR) is 76.9 cm³/mol. The van der Waals surface area contributed by atoms with Crippen LogP contribution in [-0.4, -0.2) is 29.7 Å². The number of hydrogen-bond acceptors (Lipinski definition) is 3. The molecule has 0 aliphatic rings. The van der Waals surface area contributed by atoms with E-state index in [-0.39, 0.29) is 0 Å². The van der Waals surface area contributed by atoms with Crippen LogP contribution in [0.3, 0.4) is 0 Å². The normalized spacial score (nSPS) is 15.1. The summed E-state index contributed by atoms with van der Waals surface area (Å²) in [6.45, 7) is 3.24. The van der Waals surface area contributed by atoms with Crippen LogP contribution in [-0.2, 0) is 6.18 Å². The van der Waals surface area contributed by atoms with E-state index in [4.69, 9.17) is 0 Å². The average molecular weight is 307 g/mol. The van der Waals surface area contributed by atoms with Crippen molar-refractivity contribution in [2.75, 3.05) is 19.3 Å². The van der Waals surface area contributed by atoms with Gasteiger partial charge in [-0.15, -0.1) is 0 Å². The van der Waals surface area contributed by atoms with Gasteiger partial charge in [0.05, 0.1) is 11.7 Å². The minimum Gasteiger partial charge on any atom is -0.387 e. The van der Waals surface area contributed by atoms with Gasteiger partial charge in [0.2, 0.25) is 0 Å². The van der Waals surface area contributed by atoms with Crippen LogP contribution in [0.4, 0.5) is 13.2 Å². The zero-order chi connectivity index (χ0) is 15.2. The lowest BCUT2D eigenvalue weighted by Gasteiger charge is -2.14. The van der Waals surface area contributed by atoms with Crippen LogP contribution >= 0.6 is 11.8 Å². The first-order chi connectivity index (χ1) is 9.34. The Hall–Kier alpha value is -0.720. The lowest BCUT2D eigenvalue weighted by molar-refractivity contribution is -0.137. The monoisotopic (exact) mass is 307 g/mol. The molecule has 2 N–H and O–H groups in total. The van der Waals surface area contributed by atoms with Crippen molar-refractivity contribution in [1.29, 1.82) is 0 Å². The van der Waals surface area contributed by atoms with Crippen LogP contribution in [0.25, 0.3) is 0 Å². The molecule has 1 aromatic rings. The van der Waals surface area contributed by atoms with E-state index in [1.807, 2.05) is 6.26 Å². The highest BCUT2D eigenvalue weighted by Crippen LogP contribution is 2.29. The van der Waals surface area contributed by atoms with Crippen LogP contribution in [0.15, 0.2) is 24.3 Å². The number of hydrogen-bond donors (Lipinski definition) is 2. The van der Waals surface area contributed by atoms with Gasteiger partial charge in [0.25, 0.3) is 0 Å². The number of thioether (sulfide) groups is 1. The van der Waals surface area contributed by atoms with Gasteiger partial charge in [-0.2, -0.15) is 24.9 Å². The van der Waals surface area contributed by atoms with Crippen molar-refractivity contribution in [3.63, 3.8) is 0 Å². The fourth-order valence-corrected chi connectivity index (χ4v) is 2.03. The lowest BCUT2D eigenvalue weighted by Crippen LogP contribution is -2.24. The van der Waals surface area contributed by atoms with Crippen molar-refractivity contribution in [2.24, 2.45) is 0 Å². The Morgan fingerprint density at radius 1 is 1.25 bits per heavy atom. The molecule has 2 nitrogen and oxygen atoms in total. The molecule has 0 fully saturated rings. The lowest BCUT2D eigenvalue weighted by atomic mass is 10.1. The van der Waals surface area contributed by atoms with Gasteiger partial charge in [0.1, 0.15) is 0 Å². The van der Waals surface area contributed by atoms with Crippen molar-refractivity contribution in [1.82, 2.24) is 5.32 Å². The number of rotatable bonds is 7. The second-order valence-corrected chi connectivity index (χ2v) is 5.95. The molecule has 1 aromatic carbocycles. The summed E-state index contributed by atoms with van der Waals surface area (Å²) in [5, 5.41) is 13.5. The largest absolute Gasteiger partial charge is 0.416 e. The van der Waals surface area contributed by atoms with Gasteiger partial charge in [-0.05, 0) is 36.9 Å². The molecule has 1 rings (SSSR count). The highest BCUT2D eigenvalue weighted by atomic mass is 32.2. The molecule has 0 spiro atoms. The smallest absolute Gasteiger partial charge is 0.387 e. The third kappa shape index (κ3) is 5.73. The van der Waals surface area contributed by atoms with Crippen molar-refractivity contribution in [3.05, 3.63) is 35.4 Å². The average Bonchev–Trinajstić information content (AvgIpc) is 2.42. The molecule has 6 heteroatoms. The maximum atomic E-state index is 12.4. The first kappa shape index (κ1) is 17.3. The Balaban J connectivity index is 2.42. The molecule has 0 saturated heterocycles. The molecule has 0 aromatic heterocycles. The molecule has 0 bridgehead atoms. The van der Waals surface area contributed by atoms with Gasteiger partial charge in [0, 0.05) is 11.8 Å². The molecule has 20 heavy (non-hydrogen) atoms. The fourth-order valence-electron chi connectivity index (χ4n) is 1.67. The van der Waals surface area contributed by atoms with E-state index in [1.54, 1.807) is 11.8 Å². The Morgan fingerprint density at radius 3 is 2.35 bits per heavy atom. The molecule has 2 atom stereocenters. The van der Waals surface area contributed by atoms with Crippen LogP contribution in [0.5, 0.6) is 0 Å². The van der Waals surface area contributed by atoms with Crippen molar-refractivity contribution in [2.45, 2.75) is 30.9 Å². The van der Waals surface area contributed by atoms with E-state index in [0.29, 0.717) is 17.4 Å². The van der Waals surface area contributed by atoms with Gasteiger partial charge in [-0.3, -0.25) is 0 Å².